The molecule has 0 aliphatic rings. The van der Waals surface area contributed by atoms with E-state index in [0.29, 0.717) is 33.1 Å². The van der Waals surface area contributed by atoms with E-state index in [-0.39, 0.29) is 6.54 Å². The number of aliphatic hydroxyl groups is 1. The molecule has 2 aromatic heterocycles. The molecule has 0 bridgehead atoms. The van der Waals surface area contributed by atoms with Crippen LogP contribution in [0, 0.1) is 0 Å². The number of anilines is 1. The first-order valence-electron chi connectivity index (χ1n) is 7.52. The molecule has 0 spiro atoms. The predicted molar refractivity (Wildman–Crippen MR) is 97.0 cm³/mol. The highest BCUT2D eigenvalue weighted by Gasteiger charge is 2.17. The van der Waals surface area contributed by atoms with Crippen molar-refractivity contribution >= 4 is 32.8 Å². The van der Waals surface area contributed by atoms with Gasteiger partial charge in [0, 0.05) is 19.2 Å². The van der Waals surface area contributed by atoms with Crippen molar-refractivity contribution in [1.82, 2.24) is 19.7 Å². The first-order chi connectivity index (χ1) is 12.0. The van der Waals surface area contributed by atoms with Crippen LogP contribution in [0.4, 0.5) is 5.82 Å². The Balaban J connectivity index is 1.85. The topological polar surface area (TPSA) is 94.3 Å². The molecule has 0 fully saturated rings. The molecule has 0 aliphatic heterocycles. The minimum atomic E-state index is -0.814. The van der Waals surface area contributed by atoms with E-state index in [2.05, 4.69) is 36.3 Å². The molecule has 1 aromatic carbocycles. The second-order valence-electron chi connectivity index (χ2n) is 5.34. The van der Waals surface area contributed by atoms with Gasteiger partial charge in [0.05, 0.1) is 25.7 Å². The van der Waals surface area contributed by atoms with Crippen molar-refractivity contribution in [1.29, 1.82) is 0 Å². The van der Waals surface area contributed by atoms with Crippen LogP contribution >= 0.6 is 15.9 Å². The summed E-state index contributed by atoms with van der Waals surface area (Å²) in [6.07, 6.45) is 0.641. The van der Waals surface area contributed by atoms with Gasteiger partial charge >= 0.3 is 0 Å². The van der Waals surface area contributed by atoms with Crippen molar-refractivity contribution in [3.05, 3.63) is 34.7 Å². The van der Waals surface area contributed by atoms with Crippen LogP contribution in [0.15, 0.2) is 29.1 Å². The Kier molecular flexibility index (Phi) is 5.05. The maximum absolute atomic E-state index is 10.6. The monoisotopic (exact) mass is 407 g/mol. The summed E-state index contributed by atoms with van der Waals surface area (Å²) in [5.74, 6) is 1.82. The molecular formula is C16H18BrN5O3. The van der Waals surface area contributed by atoms with Gasteiger partial charge in [0.15, 0.2) is 5.65 Å². The summed E-state index contributed by atoms with van der Waals surface area (Å²) >= 11 is 3.41. The molecule has 0 aliphatic carbocycles. The second-order valence-corrected chi connectivity index (χ2v) is 6.09. The van der Waals surface area contributed by atoms with E-state index in [1.54, 1.807) is 44.1 Å². The first kappa shape index (κ1) is 17.4. The summed E-state index contributed by atoms with van der Waals surface area (Å²) in [6.45, 7) is 0.233. The van der Waals surface area contributed by atoms with E-state index in [9.17, 15) is 5.11 Å². The standard InChI is InChI=1S/C16H18BrN5O3/c1-22-16-13(14(17)21-22)15(19-8-20-16)18-7-11(23)10-6-9(24-2)4-5-12(10)25-3/h4-6,8,11,23H,7H2,1-3H3,(H,18,19,20). The average Bonchev–Trinajstić information content (AvgIpc) is 2.93. The lowest BCUT2D eigenvalue weighted by Crippen LogP contribution is -2.14. The molecule has 0 saturated heterocycles. The van der Waals surface area contributed by atoms with Crippen molar-refractivity contribution < 1.29 is 14.6 Å². The average molecular weight is 408 g/mol. The van der Waals surface area contributed by atoms with E-state index < -0.39 is 6.10 Å². The highest BCUT2D eigenvalue weighted by molar-refractivity contribution is 9.10. The van der Waals surface area contributed by atoms with E-state index in [0.717, 1.165) is 5.39 Å². The van der Waals surface area contributed by atoms with Gasteiger partial charge in [-0.3, -0.25) is 0 Å². The van der Waals surface area contributed by atoms with Gasteiger partial charge in [0.1, 0.15) is 28.2 Å². The number of halogens is 1. The maximum atomic E-state index is 10.6. The normalized spacial score (nSPS) is 12.2. The number of methoxy groups -OCH3 is 2. The highest BCUT2D eigenvalue weighted by atomic mass is 79.9. The molecule has 0 radical (unpaired) electrons. The zero-order valence-corrected chi connectivity index (χ0v) is 15.6. The second kappa shape index (κ2) is 7.24. The Labute approximate surface area is 152 Å². The lowest BCUT2D eigenvalue weighted by Gasteiger charge is -2.17. The molecule has 3 aromatic rings. The van der Waals surface area contributed by atoms with E-state index >= 15 is 0 Å². The van der Waals surface area contributed by atoms with Gasteiger partial charge in [-0.05, 0) is 34.1 Å². The predicted octanol–water partition coefficient (Wildman–Crippen LogP) is 2.29. The van der Waals surface area contributed by atoms with E-state index in [1.165, 1.54) is 6.33 Å². The summed E-state index contributed by atoms with van der Waals surface area (Å²) in [4.78, 5) is 8.47. The fourth-order valence-corrected chi connectivity index (χ4v) is 3.18. The number of fused-ring (bicyclic) bond motifs is 1. The number of rotatable bonds is 6. The minimum absolute atomic E-state index is 0.233. The number of hydrogen-bond donors (Lipinski definition) is 2. The number of aromatic nitrogens is 4. The molecule has 1 atom stereocenters. The SMILES string of the molecule is COc1ccc(OC)c(C(O)CNc2ncnc3c2c(Br)nn3C)c1. The molecule has 0 amide bonds. The van der Waals surface area contributed by atoms with Crippen LogP contribution in [-0.2, 0) is 7.05 Å². The maximum Gasteiger partial charge on any atom is 0.164 e. The number of aryl methyl sites for hydroxylation is 1. The van der Waals surface area contributed by atoms with Gasteiger partial charge in [-0.1, -0.05) is 0 Å². The first-order valence-corrected chi connectivity index (χ1v) is 8.31. The minimum Gasteiger partial charge on any atom is -0.497 e. The summed E-state index contributed by atoms with van der Waals surface area (Å²) in [5.41, 5.74) is 1.32. The molecule has 3 rings (SSSR count). The van der Waals surface area contributed by atoms with Crippen LogP contribution < -0.4 is 14.8 Å². The molecule has 132 valence electrons. The molecular weight excluding hydrogens is 390 g/mol. The van der Waals surface area contributed by atoms with Crippen molar-refractivity contribution in [3.63, 3.8) is 0 Å². The number of nitrogens with one attached hydrogen (secondary N) is 1. The Morgan fingerprint density at radius 2 is 2.08 bits per heavy atom. The van der Waals surface area contributed by atoms with Crippen LogP contribution in [-0.4, -0.2) is 45.6 Å². The fraction of sp³-hybridized carbons (Fsp3) is 0.312. The van der Waals surface area contributed by atoms with Gasteiger partial charge in [-0.2, -0.15) is 5.10 Å². The van der Waals surface area contributed by atoms with Crippen molar-refractivity contribution in [2.45, 2.75) is 6.10 Å². The largest absolute Gasteiger partial charge is 0.497 e. The molecule has 8 nitrogen and oxygen atoms in total. The Bertz CT molecular complexity index is 899. The number of hydrogen-bond acceptors (Lipinski definition) is 7. The summed E-state index contributed by atoms with van der Waals surface area (Å²) in [7, 11) is 4.94. The summed E-state index contributed by atoms with van der Waals surface area (Å²) in [5, 5.41) is 18.8. The molecule has 0 saturated carbocycles. The molecule has 9 heteroatoms. The fourth-order valence-electron chi connectivity index (χ4n) is 2.58. The molecule has 2 heterocycles. The lowest BCUT2D eigenvalue weighted by atomic mass is 10.1. The Morgan fingerprint density at radius 3 is 2.80 bits per heavy atom. The van der Waals surface area contributed by atoms with Gasteiger partial charge < -0.3 is 19.9 Å². The van der Waals surface area contributed by atoms with Crippen molar-refractivity contribution in [2.75, 3.05) is 26.1 Å². The van der Waals surface area contributed by atoms with Gasteiger partial charge in [0.25, 0.3) is 0 Å². The molecule has 2 N–H and O–H groups in total. The summed E-state index contributed by atoms with van der Waals surface area (Å²) in [6, 6.07) is 5.29. The van der Waals surface area contributed by atoms with E-state index in [1.807, 2.05) is 0 Å². The van der Waals surface area contributed by atoms with Crippen molar-refractivity contribution in [2.24, 2.45) is 7.05 Å². The lowest BCUT2D eigenvalue weighted by molar-refractivity contribution is 0.186. The Morgan fingerprint density at radius 1 is 1.28 bits per heavy atom. The molecule has 25 heavy (non-hydrogen) atoms. The van der Waals surface area contributed by atoms with Crippen LogP contribution in [0.2, 0.25) is 0 Å². The number of nitrogens with zero attached hydrogens (tertiary/aromatic N) is 4. The number of aliphatic hydroxyl groups excluding tert-OH is 1. The van der Waals surface area contributed by atoms with Gasteiger partial charge in [-0.15, -0.1) is 0 Å². The number of ether oxygens (including phenoxy) is 2. The van der Waals surface area contributed by atoms with Crippen molar-refractivity contribution in [3.8, 4) is 11.5 Å². The van der Waals surface area contributed by atoms with Crippen LogP contribution in [0.25, 0.3) is 11.0 Å². The third kappa shape index (κ3) is 3.38. The van der Waals surface area contributed by atoms with Crippen LogP contribution in [0.1, 0.15) is 11.7 Å². The Hall–Kier alpha value is -2.39. The highest BCUT2D eigenvalue weighted by Crippen LogP contribution is 2.31. The van der Waals surface area contributed by atoms with Crippen LogP contribution in [0.5, 0.6) is 11.5 Å². The smallest absolute Gasteiger partial charge is 0.164 e. The quantitative estimate of drug-likeness (QED) is 0.646. The zero-order chi connectivity index (χ0) is 18.0. The third-order valence-electron chi connectivity index (χ3n) is 3.84. The zero-order valence-electron chi connectivity index (χ0n) is 14.0. The van der Waals surface area contributed by atoms with E-state index in [4.69, 9.17) is 9.47 Å². The van der Waals surface area contributed by atoms with Gasteiger partial charge in [-0.25, -0.2) is 14.6 Å². The summed E-state index contributed by atoms with van der Waals surface area (Å²) < 4.78 is 12.8. The number of benzene rings is 1. The third-order valence-corrected chi connectivity index (χ3v) is 4.39. The van der Waals surface area contributed by atoms with Gasteiger partial charge in [0.2, 0.25) is 0 Å². The molecule has 1 unspecified atom stereocenters. The van der Waals surface area contributed by atoms with Crippen LogP contribution in [0.3, 0.4) is 0 Å².